The van der Waals surface area contributed by atoms with E-state index < -0.39 is 11.4 Å². The number of ether oxygens (including phenoxy) is 3. The number of piperazine rings is 1. The summed E-state index contributed by atoms with van der Waals surface area (Å²) in [6.07, 6.45) is 5.45. The molecular formula is C31H39FN4O5. The molecule has 2 fully saturated rings. The van der Waals surface area contributed by atoms with Crippen molar-refractivity contribution in [1.82, 2.24) is 19.8 Å². The standard InChI is InChI=1S/C31H39FN4O5/c1-39-20-31(38)15-7-6-13-26(31)36-21-34-27(28(36)22-9-4-3-5-10-22)30(37)35-17-16-33-19-23(35)14-18-41-29-24(32)11-8-12-25(29)40-2/h3-5,8-12,21,23,26,33,38H,6-7,13-20H2,1-2H3/t23-,26-,31-/m1/s1. The molecule has 2 aliphatic rings. The normalized spacial score (nSPS) is 22.9. The predicted octanol–water partition coefficient (Wildman–Crippen LogP) is 4.07. The summed E-state index contributed by atoms with van der Waals surface area (Å²) < 4.78 is 32.8. The number of para-hydroxylation sites is 1. The van der Waals surface area contributed by atoms with E-state index >= 15 is 0 Å². The molecule has 220 valence electrons. The number of halogens is 1. The van der Waals surface area contributed by atoms with Gasteiger partial charge >= 0.3 is 0 Å². The van der Waals surface area contributed by atoms with Crippen molar-refractivity contribution in [2.24, 2.45) is 0 Å². The van der Waals surface area contributed by atoms with Crippen LogP contribution in [0.15, 0.2) is 54.9 Å². The van der Waals surface area contributed by atoms with Gasteiger partial charge < -0.3 is 34.1 Å². The Bertz CT molecular complexity index is 1320. The van der Waals surface area contributed by atoms with Crippen LogP contribution < -0.4 is 14.8 Å². The van der Waals surface area contributed by atoms with Gasteiger partial charge in [-0.25, -0.2) is 9.37 Å². The van der Waals surface area contributed by atoms with Gasteiger partial charge in [-0.15, -0.1) is 0 Å². The number of benzene rings is 2. The van der Waals surface area contributed by atoms with Crippen molar-refractivity contribution in [2.45, 2.75) is 49.8 Å². The number of aromatic nitrogens is 2. The van der Waals surface area contributed by atoms with Crippen molar-refractivity contribution in [3.63, 3.8) is 0 Å². The molecule has 2 N–H and O–H groups in total. The van der Waals surface area contributed by atoms with Gasteiger partial charge in [0.05, 0.1) is 38.4 Å². The van der Waals surface area contributed by atoms with E-state index in [1.807, 2.05) is 39.8 Å². The number of nitrogens with zero attached hydrogens (tertiary/aromatic N) is 3. The predicted molar refractivity (Wildman–Crippen MR) is 153 cm³/mol. The molecule has 1 aromatic heterocycles. The van der Waals surface area contributed by atoms with Gasteiger partial charge in [0, 0.05) is 44.8 Å². The first kappa shape index (κ1) is 29.0. The van der Waals surface area contributed by atoms with Crippen LogP contribution in [0.1, 0.15) is 48.6 Å². The van der Waals surface area contributed by atoms with Gasteiger partial charge in [0.2, 0.25) is 0 Å². The number of carbonyl (C=O) groups is 1. The molecule has 2 heterocycles. The molecule has 3 aromatic rings. The Balaban J connectivity index is 1.42. The van der Waals surface area contributed by atoms with Crippen molar-refractivity contribution in [3.8, 4) is 22.8 Å². The number of hydrogen-bond donors (Lipinski definition) is 2. The second-order valence-electron chi connectivity index (χ2n) is 10.8. The number of rotatable bonds is 10. The van der Waals surface area contributed by atoms with Crippen molar-refractivity contribution < 1.29 is 28.5 Å². The fraction of sp³-hybridized carbons (Fsp3) is 0.484. The molecule has 1 aliphatic carbocycles. The molecule has 0 radical (unpaired) electrons. The Hall–Kier alpha value is -3.47. The summed E-state index contributed by atoms with van der Waals surface area (Å²) in [4.78, 5) is 20.7. The van der Waals surface area contributed by atoms with Crippen LogP contribution >= 0.6 is 0 Å². The molecule has 3 atom stereocenters. The lowest BCUT2D eigenvalue weighted by molar-refractivity contribution is -0.0893. The zero-order valence-corrected chi connectivity index (χ0v) is 23.7. The molecule has 5 rings (SSSR count). The Morgan fingerprint density at radius 1 is 1.17 bits per heavy atom. The van der Waals surface area contributed by atoms with Gasteiger partial charge in [-0.3, -0.25) is 4.79 Å². The summed E-state index contributed by atoms with van der Waals surface area (Å²) in [6.45, 7) is 2.16. The number of nitrogens with one attached hydrogen (secondary N) is 1. The van der Waals surface area contributed by atoms with Crippen molar-refractivity contribution in [1.29, 1.82) is 0 Å². The number of aliphatic hydroxyl groups is 1. The summed E-state index contributed by atoms with van der Waals surface area (Å²) in [6, 6.07) is 13.8. The van der Waals surface area contributed by atoms with Gasteiger partial charge in [-0.2, -0.15) is 0 Å². The van der Waals surface area contributed by atoms with Gasteiger partial charge in [0.1, 0.15) is 5.60 Å². The van der Waals surface area contributed by atoms with E-state index in [0.29, 0.717) is 49.6 Å². The Morgan fingerprint density at radius 3 is 2.78 bits per heavy atom. The van der Waals surface area contributed by atoms with Crippen LogP contribution in [-0.2, 0) is 4.74 Å². The number of imidazole rings is 1. The fourth-order valence-corrected chi connectivity index (χ4v) is 6.17. The molecule has 1 aliphatic heterocycles. The molecule has 41 heavy (non-hydrogen) atoms. The average Bonchev–Trinajstić information content (AvgIpc) is 3.43. The lowest BCUT2D eigenvalue weighted by atomic mass is 9.80. The topological polar surface area (TPSA) is 98.1 Å². The number of methoxy groups -OCH3 is 2. The highest BCUT2D eigenvalue weighted by Crippen LogP contribution is 2.41. The third-order valence-corrected chi connectivity index (χ3v) is 8.19. The summed E-state index contributed by atoms with van der Waals surface area (Å²) >= 11 is 0. The number of carbonyl (C=O) groups excluding carboxylic acids is 1. The second kappa shape index (κ2) is 13.0. The molecule has 1 saturated carbocycles. The van der Waals surface area contributed by atoms with Crippen LogP contribution in [0.5, 0.6) is 11.5 Å². The molecular weight excluding hydrogens is 527 g/mol. The molecule has 1 saturated heterocycles. The summed E-state index contributed by atoms with van der Waals surface area (Å²) in [7, 11) is 3.07. The van der Waals surface area contributed by atoms with Gasteiger partial charge in [-0.05, 0) is 25.0 Å². The first-order valence-electron chi connectivity index (χ1n) is 14.3. The Kier molecular flexibility index (Phi) is 9.22. The summed E-state index contributed by atoms with van der Waals surface area (Å²) in [5.41, 5.74) is 0.854. The van der Waals surface area contributed by atoms with E-state index in [-0.39, 0.29) is 37.0 Å². The van der Waals surface area contributed by atoms with E-state index in [1.165, 1.54) is 13.2 Å². The maximum absolute atomic E-state index is 14.4. The van der Waals surface area contributed by atoms with Gasteiger partial charge in [0.25, 0.3) is 5.91 Å². The van der Waals surface area contributed by atoms with Crippen LogP contribution in [0.2, 0.25) is 0 Å². The second-order valence-corrected chi connectivity index (χ2v) is 10.8. The van der Waals surface area contributed by atoms with E-state index in [4.69, 9.17) is 14.2 Å². The lowest BCUT2D eigenvalue weighted by Crippen LogP contribution is -2.54. The first-order valence-corrected chi connectivity index (χ1v) is 14.3. The Morgan fingerprint density at radius 2 is 2.00 bits per heavy atom. The minimum atomic E-state index is -1.06. The quantitative estimate of drug-likeness (QED) is 0.382. The molecule has 0 spiro atoms. The molecule has 0 unspecified atom stereocenters. The molecule has 9 nitrogen and oxygen atoms in total. The van der Waals surface area contributed by atoms with Gasteiger partial charge in [0.15, 0.2) is 23.0 Å². The monoisotopic (exact) mass is 566 g/mol. The van der Waals surface area contributed by atoms with Gasteiger partial charge in [-0.1, -0.05) is 49.2 Å². The minimum absolute atomic E-state index is 0.0674. The van der Waals surface area contributed by atoms with Crippen molar-refractivity contribution in [2.75, 3.05) is 47.1 Å². The zero-order chi connectivity index (χ0) is 28.8. The largest absolute Gasteiger partial charge is 0.493 e. The maximum atomic E-state index is 14.4. The van der Waals surface area contributed by atoms with E-state index in [0.717, 1.165) is 24.8 Å². The average molecular weight is 567 g/mol. The van der Waals surface area contributed by atoms with E-state index in [2.05, 4.69) is 10.3 Å². The van der Waals surface area contributed by atoms with Crippen LogP contribution in [0.3, 0.4) is 0 Å². The smallest absolute Gasteiger partial charge is 0.275 e. The zero-order valence-electron chi connectivity index (χ0n) is 23.7. The molecule has 10 heteroatoms. The Labute approximate surface area is 240 Å². The SMILES string of the molecule is COC[C@]1(O)CCCC[C@H]1n1cnc(C(=O)N2CCNC[C@H]2CCOc2c(F)cccc2OC)c1-c1ccccc1. The van der Waals surface area contributed by atoms with E-state index in [1.54, 1.807) is 25.6 Å². The highest BCUT2D eigenvalue weighted by atomic mass is 19.1. The minimum Gasteiger partial charge on any atom is -0.493 e. The third kappa shape index (κ3) is 6.10. The van der Waals surface area contributed by atoms with Crippen molar-refractivity contribution in [3.05, 3.63) is 66.4 Å². The van der Waals surface area contributed by atoms with E-state index in [9.17, 15) is 14.3 Å². The highest BCUT2D eigenvalue weighted by molar-refractivity contribution is 5.98. The third-order valence-electron chi connectivity index (χ3n) is 8.19. The van der Waals surface area contributed by atoms with Crippen molar-refractivity contribution >= 4 is 5.91 Å². The summed E-state index contributed by atoms with van der Waals surface area (Å²) in [5, 5.41) is 15.0. The van der Waals surface area contributed by atoms with Crippen LogP contribution in [-0.4, -0.2) is 84.2 Å². The fourth-order valence-electron chi connectivity index (χ4n) is 6.17. The van der Waals surface area contributed by atoms with Crippen LogP contribution in [0, 0.1) is 5.82 Å². The molecule has 1 amide bonds. The van der Waals surface area contributed by atoms with Crippen LogP contribution in [0.4, 0.5) is 4.39 Å². The number of amides is 1. The molecule has 2 aromatic carbocycles. The highest BCUT2D eigenvalue weighted by Gasteiger charge is 2.42. The molecule has 0 bridgehead atoms. The first-order chi connectivity index (χ1) is 20.0. The van der Waals surface area contributed by atoms with Crippen LogP contribution in [0.25, 0.3) is 11.3 Å². The number of hydrogen-bond acceptors (Lipinski definition) is 7. The lowest BCUT2D eigenvalue weighted by Gasteiger charge is -2.41. The maximum Gasteiger partial charge on any atom is 0.275 e. The summed E-state index contributed by atoms with van der Waals surface area (Å²) in [5.74, 6) is -0.274.